The Morgan fingerprint density at radius 2 is 1.82 bits per heavy atom. The highest BCUT2D eigenvalue weighted by atomic mass is 35.5. The minimum atomic E-state index is -0.499. The Morgan fingerprint density at radius 1 is 1.11 bits per heavy atom. The highest BCUT2D eigenvalue weighted by Crippen LogP contribution is 2.46. The van der Waals surface area contributed by atoms with E-state index < -0.39 is 6.04 Å². The van der Waals surface area contributed by atoms with Crippen molar-refractivity contribution in [3.8, 4) is 0 Å². The van der Waals surface area contributed by atoms with Gasteiger partial charge in [-0.1, -0.05) is 53.9 Å². The fourth-order valence-electron chi connectivity index (χ4n) is 3.62. The van der Waals surface area contributed by atoms with Gasteiger partial charge in [-0.05, 0) is 38.0 Å². The molecule has 0 bridgehead atoms. The number of carbonyl (C=O) groups excluding carboxylic acids is 2. The van der Waals surface area contributed by atoms with Gasteiger partial charge in [0.25, 0.3) is 0 Å². The summed E-state index contributed by atoms with van der Waals surface area (Å²) in [7, 11) is 0. The van der Waals surface area contributed by atoms with Gasteiger partial charge in [0.05, 0.1) is 0 Å². The Balaban J connectivity index is 1.60. The van der Waals surface area contributed by atoms with Gasteiger partial charge in [-0.2, -0.15) is 0 Å². The SMILES string of the molecule is Cc1ccc(NC(=O)C2CSC(c3ccccc3Cl)N2C(=O)C2CCC2)cc1. The molecule has 2 aliphatic rings. The minimum absolute atomic E-state index is 0.0263. The van der Waals surface area contributed by atoms with Gasteiger partial charge in [-0.25, -0.2) is 0 Å². The molecule has 1 saturated carbocycles. The van der Waals surface area contributed by atoms with Gasteiger partial charge in [0.15, 0.2) is 0 Å². The summed E-state index contributed by atoms with van der Waals surface area (Å²) in [5.41, 5.74) is 2.78. The van der Waals surface area contributed by atoms with Crippen molar-refractivity contribution in [1.82, 2.24) is 4.90 Å². The summed E-state index contributed by atoms with van der Waals surface area (Å²) in [6.45, 7) is 2.01. The van der Waals surface area contributed by atoms with Crippen molar-refractivity contribution in [1.29, 1.82) is 0 Å². The van der Waals surface area contributed by atoms with Crippen molar-refractivity contribution in [2.45, 2.75) is 37.6 Å². The van der Waals surface area contributed by atoms with Gasteiger partial charge < -0.3 is 10.2 Å². The molecule has 28 heavy (non-hydrogen) atoms. The Bertz CT molecular complexity index is 882. The van der Waals surface area contributed by atoms with Crippen LogP contribution in [0.1, 0.15) is 35.8 Å². The summed E-state index contributed by atoms with van der Waals surface area (Å²) in [5, 5.41) is 3.38. The second-order valence-corrected chi connectivity index (χ2v) is 8.97. The van der Waals surface area contributed by atoms with Crippen LogP contribution in [-0.2, 0) is 9.59 Å². The molecule has 4 rings (SSSR count). The molecule has 1 aliphatic heterocycles. The van der Waals surface area contributed by atoms with Crippen LogP contribution in [0.15, 0.2) is 48.5 Å². The van der Waals surface area contributed by atoms with Crippen molar-refractivity contribution in [3.63, 3.8) is 0 Å². The smallest absolute Gasteiger partial charge is 0.248 e. The average molecular weight is 415 g/mol. The minimum Gasteiger partial charge on any atom is -0.324 e. The van der Waals surface area contributed by atoms with E-state index in [0.29, 0.717) is 10.8 Å². The second kappa shape index (κ2) is 8.18. The lowest BCUT2D eigenvalue weighted by Gasteiger charge is -2.35. The van der Waals surface area contributed by atoms with Gasteiger partial charge in [0.2, 0.25) is 11.8 Å². The molecule has 0 aromatic heterocycles. The number of nitrogens with zero attached hydrogens (tertiary/aromatic N) is 1. The fraction of sp³-hybridized carbons (Fsp3) is 0.364. The number of halogens is 1. The third kappa shape index (κ3) is 3.78. The van der Waals surface area contributed by atoms with Crippen LogP contribution in [-0.4, -0.2) is 28.5 Å². The largest absolute Gasteiger partial charge is 0.324 e. The number of hydrogen-bond acceptors (Lipinski definition) is 3. The van der Waals surface area contributed by atoms with Crippen molar-refractivity contribution in [2.75, 3.05) is 11.1 Å². The van der Waals surface area contributed by atoms with Gasteiger partial charge in [-0.3, -0.25) is 9.59 Å². The third-order valence-electron chi connectivity index (χ3n) is 5.50. The van der Waals surface area contributed by atoms with Crippen LogP contribution in [0.2, 0.25) is 5.02 Å². The van der Waals surface area contributed by atoms with Crippen LogP contribution in [0.3, 0.4) is 0 Å². The molecule has 2 unspecified atom stereocenters. The molecular formula is C22H23ClN2O2S. The van der Waals surface area contributed by atoms with E-state index in [-0.39, 0.29) is 23.1 Å². The molecule has 2 fully saturated rings. The standard InChI is InChI=1S/C22H23ClN2O2S/c1-14-9-11-16(12-10-14)24-20(26)19-13-28-22(17-7-2-3-8-18(17)23)25(19)21(27)15-5-4-6-15/h2-3,7-12,15,19,22H,4-6,13H2,1H3,(H,24,26). The zero-order valence-corrected chi connectivity index (χ0v) is 17.3. The first-order chi connectivity index (χ1) is 13.5. The molecule has 0 radical (unpaired) electrons. The third-order valence-corrected chi connectivity index (χ3v) is 7.15. The normalized spacial score (nSPS) is 22.0. The molecule has 1 heterocycles. The number of nitrogens with one attached hydrogen (secondary N) is 1. The Labute approximate surface area is 174 Å². The highest BCUT2D eigenvalue weighted by molar-refractivity contribution is 7.99. The maximum atomic E-state index is 13.2. The predicted octanol–water partition coefficient (Wildman–Crippen LogP) is 5.03. The molecular weight excluding hydrogens is 392 g/mol. The summed E-state index contributed by atoms with van der Waals surface area (Å²) in [6.07, 6.45) is 2.89. The van der Waals surface area contributed by atoms with Gasteiger partial charge >= 0.3 is 0 Å². The quantitative estimate of drug-likeness (QED) is 0.763. The summed E-state index contributed by atoms with van der Waals surface area (Å²) >= 11 is 8.03. The molecule has 2 atom stereocenters. The van der Waals surface area contributed by atoms with Gasteiger partial charge in [0, 0.05) is 27.9 Å². The molecule has 2 aromatic rings. The van der Waals surface area contributed by atoms with Crippen molar-refractivity contribution < 1.29 is 9.59 Å². The molecule has 0 spiro atoms. The first-order valence-electron chi connectivity index (χ1n) is 9.60. The van der Waals surface area contributed by atoms with Crippen LogP contribution < -0.4 is 5.32 Å². The number of aryl methyl sites for hydroxylation is 1. The zero-order chi connectivity index (χ0) is 19.7. The van der Waals surface area contributed by atoms with E-state index in [4.69, 9.17) is 11.6 Å². The van der Waals surface area contributed by atoms with Crippen LogP contribution in [0.4, 0.5) is 5.69 Å². The second-order valence-electron chi connectivity index (χ2n) is 7.45. The predicted molar refractivity (Wildman–Crippen MR) is 114 cm³/mol. The van der Waals surface area contributed by atoms with Crippen molar-refractivity contribution in [3.05, 3.63) is 64.7 Å². The number of anilines is 1. The molecule has 2 amide bonds. The lowest BCUT2D eigenvalue weighted by molar-refractivity contribution is -0.144. The maximum Gasteiger partial charge on any atom is 0.248 e. The topological polar surface area (TPSA) is 49.4 Å². The number of rotatable bonds is 4. The Morgan fingerprint density at radius 3 is 2.46 bits per heavy atom. The highest BCUT2D eigenvalue weighted by Gasteiger charge is 2.45. The van der Waals surface area contributed by atoms with E-state index in [1.807, 2.05) is 55.5 Å². The van der Waals surface area contributed by atoms with Crippen molar-refractivity contribution >= 4 is 40.9 Å². The molecule has 6 heteroatoms. The fourth-order valence-corrected chi connectivity index (χ4v) is 5.40. The molecule has 2 aromatic carbocycles. The lowest BCUT2D eigenvalue weighted by Crippen LogP contribution is -2.48. The number of carbonyl (C=O) groups is 2. The van der Waals surface area contributed by atoms with Crippen LogP contribution >= 0.6 is 23.4 Å². The number of benzene rings is 2. The van der Waals surface area contributed by atoms with Crippen molar-refractivity contribution in [2.24, 2.45) is 5.92 Å². The van der Waals surface area contributed by atoms with E-state index in [9.17, 15) is 9.59 Å². The molecule has 1 saturated heterocycles. The summed E-state index contributed by atoms with van der Waals surface area (Å²) in [5.74, 6) is 0.522. The maximum absolute atomic E-state index is 13.2. The average Bonchev–Trinajstić information content (AvgIpc) is 3.07. The molecule has 1 aliphatic carbocycles. The van der Waals surface area contributed by atoms with E-state index in [1.54, 1.807) is 16.7 Å². The zero-order valence-electron chi connectivity index (χ0n) is 15.7. The van der Waals surface area contributed by atoms with Gasteiger partial charge in [-0.15, -0.1) is 11.8 Å². The number of thioether (sulfide) groups is 1. The summed E-state index contributed by atoms with van der Waals surface area (Å²) in [6, 6.07) is 14.8. The summed E-state index contributed by atoms with van der Waals surface area (Å²) in [4.78, 5) is 28.1. The van der Waals surface area contributed by atoms with E-state index in [0.717, 1.165) is 36.1 Å². The van der Waals surface area contributed by atoms with E-state index in [1.165, 1.54) is 0 Å². The Kier molecular flexibility index (Phi) is 5.65. The summed E-state index contributed by atoms with van der Waals surface area (Å²) < 4.78 is 0. The molecule has 4 nitrogen and oxygen atoms in total. The molecule has 146 valence electrons. The van der Waals surface area contributed by atoms with Crippen LogP contribution in [0.5, 0.6) is 0 Å². The Hall–Kier alpha value is -1.98. The first kappa shape index (κ1) is 19.3. The van der Waals surface area contributed by atoms with E-state index in [2.05, 4.69) is 5.32 Å². The van der Waals surface area contributed by atoms with E-state index >= 15 is 0 Å². The number of hydrogen-bond donors (Lipinski definition) is 1. The number of amides is 2. The van der Waals surface area contributed by atoms with Crippen LogP contribution in [0, 0.1) is 12.8 Å². The first-order valence-corrected chi connectivity index (χ1v) is 11.0. The molecule has 1 N–H and O–H groups in total. The van der Waals surface area contributed by atoms with Gasteiger partial charge in [0.1, 0.15) is 11.4 Å². The monoisotopic (exact) mass is 414 g/mol. The van der Waals surface area contributed by atoms with Crippen LogP contribution in [0.25, 0.3) is 0 Å². The lowest BCUT2D eigenvalue weighted by atomic mass is 9.84.